The number of nitrogens with zero attached hydrogens (tertiary/aromatic N) is 4. The lowest BCUT2D eigenvalue weighted by Gasteiger charge is -2.33. The summed E-state index contributed by atoms with van der Waals surface area (Å²) >= 11 is 0. The molecule has 0 N–H and O–H groups in total. The molecule has 0 spiro atoms. The third kappa shape index (κ3) is 5.19. The monoisotopic (exact) mass is 470 g/mol. The summed E-state index contributed by atoms with van der Waals surface area (Å²) in [5.41, 5.74) is 3.46. The molecule has 0 bridgehead atoms. The molecule has 1 atom stereocenters. The molecule has 2 aromatic carbocycles. The predicted octanol–water partition coefficient (Wildman–Crippen LogP) is 4.72. The molecule has 1 aromatic heterocycles. The highest BCUT2D eigenvalue weighted by Crippen LogP contribution is 2.34. The van der Waals surface area contributed by atoms with Gasteiger partial charge in [0.1, 0.15) is 11.4 Å². The van der Waals surface area contributed by atoms with Gasteiger partial charge in [0.2, 0.25) is 11.8 Å². The Morgan fingerprint density at radius 1 is 1.06 bits per heavy atom. The summed E-state index contributed by atoms with van der Waals surface area (Å²) in [5, 5.41) is 0. The van der Waals surface area contributed by atoms with Gasteiger partial charge in [0.05, 0.1) is 0 Å². The van der Waals surface area contributed by atoms with Crippen molar-refractivity contribution in [1.82, 2.24) is 19.8 Å². The first-order chi connectivity index (χ1) is 17.1. The fourth-order valence-electron chi connectivity index (χ4n) is 4.93. The number of ether oxygens (including phenoxy) is 1. The highest BCUT2D eigenvalue weighted by molar-refractivity contribution is 5.94. The Kier molecular flexibility index (Phi) is 6.75. The summed E-state index contributed by atoms with van der Waals surface area (Å²) in [7, 11) is 0. The van der Waals surface area contributed by atoms with Crippen molar-refractivity contribution in [1.29, 1.82) is 0 Å². The van der Waals surface area contributed by atoms with E-state index in [2.05, 4.69) is 9.97 Å². The summed E-state index contributed by atoms with van der Waals surface area (Å²) in [6.45, 7) is 4.62. The molecule has 5 rings (SSSR count). The Morgan fingerprint density at radius 3 is 2.74 bits per heavy atom. The standard InChI is InChI=1S/C28H30N4O3/c1-20-7-2-3-11-24(20)35-27-26(29-13-14-30-27)23-10-5-16-32(19-23)28(34)22-9-4-8-21(17-22)18-31-15-6-12-25(31)33/h2-4,7-9,11,13-14,17,23H,5-6,10,12,15-16,18-19H2,1H3/t23-/m0/s1. The van der Waals surface area contributed by atoms with Crippen LogP contribution in [0.15, 0.2) is 60.9 Å². The summed E-state index contributed by atoms with van der Waals surface area (Å²) in [6, 6.07) is 15.5. The van der Waals surface area contributed by atoms with Crippen molar-refractivity contribution in [3.8, 4) is 11.6 Å². The number of carbonyl (C=O) groups is 2. The van der Waals surface area contributed by atoms with Gasteiger partial charge in [0, 0.05) is 56.5 Å². The molecule has 0 saturated carbocycles. The number of hydrogen-bond donors (Lipinski definition) is 0. The van der Waals surface area contributed by atoms with Crippen molar-refractivity contribution < 1.29 is 14.3 Å². The SMILES string of the molecule is Cc1ccccc1Oc1nccnc1[C@H]1CCCN(C(=O)c2cccc(CN3CCCC3=O)c2)C1. The maximum Gasteiger partial charge on any atom is 0.253 e. The average Bonchev–Trinajstić information content (AvgIpc) is 3.29. The molecule has 2 aliphatic heterocycles. The Morgan fingerprint density at radius 2 is 1.91 bits per heavy atom. The van der Waals surface area contributed by atoms with E-state index in [4.69, 9.17) is 4.74 Å². The minimum Gasteiger partial charge on any atom is -0.437 e. The number of piperidine rings is 1. The molecule has 0 aliphatic carbocycles. The summed E-state index contributed by atoms with van der Waals surface area (Å²) in [6.07, 6.45) is 6.65. The second kappa shape index (κ2) is 10.3. The minimum atomic E-state index is 0.00885. The third-order valence-electron chi connectivity index (χ3n) is 6.81. The molecular weight excluding hydrogens is 440 g/mol. The summed E-state index contributed by atoms with van der Waals surface area (Å²) in [4.78, 5) is 38.3. The number of aryl methyl sites for hydroxylation is 1. The van der Waals surface area contributed by atoms with Crippen LogP contribution in [-0.4, -0.2) is 51.2 Å². The highest BCUT2D eigenvalue weighted by Gasteiger charge is 2.29. The van der Waals surface area contributed by atoms with Crippen molar-refractivity contribution in [2.24, 2.45) is 0 Å². The van der Waals surface area contributed by atoms with Crippen LogP contribution in [0.3, 0.4) is 0 Å². The van der Waals surface area contributed by atoms with Crippen LogP contribution in [0.1, 0.15) is 58.8 Å². The fraction of sp³-hybridized carbons (Fsp3) is 0.357. The number of para-hydroxylation sites is 1. The second-order valence-corrected chi connectivity index (χ2v) is 9.32. The maximum atomic E-state index is 13.4. The Labute approximate surface area is 205 Å². The number of benzene rings is 2. The third-order valence-corrected chi connectivity index (χ3v) is 6.81. The smallest absolute Gasteiger partial charge is 0.253 e. The largest absolute Gasteiger partial charge is 0.437 e. The van der Waals surface area contributed by atoms with E-state index in [0.29, 0.717) is 37.5 Å². The van der Waals surface area contributed by atoms with Gasteiger partial charge < -0.3 is 14.5 Å². The quantitative estimate of drug-likeness (QED) is 0.521. The molecule has 2 fully saturated rings. The van der Waals surface area contributed by atoms with Gasteiger partial charge in [0.25, 0.3) is 5.91 Å². The molecule has 2 aliphatic rings. The van der Waals surface area contributed by atoms with Gasteiger partial charge in [0.15, 0.2) is 0 Å². The summed E-state index contributed by atoms with van der Waals surface area (Å²) < 4.78 is 6.15. The zero-order valence-corrected chi connectivity index (χ0v) is 20.0. The molecule has 3 aromatic rings. The lowest BCUT2D eigenvalue weighted by atomic mass is 9.94. The highest BCUT2D eigenvalue weighted by atomic mass is 16.5. The average molecular weight is 471 g/mol. The van der Waals surface area contributed by atoms with E-state index in [0.717, 1.165) is 48.4 Å². The van der Waals surface area contributed by atoms with E-state index in [9.17, 15) is 9.59 Å². The number of likely N-dealkylation sites (tertiary alicyclic amines) is 2. The first-order valence-corrected chi connectivity index (χ1v) is 12.3. The van der Waals surface area contributed by atoms with Crippen LogP contribution in [0.2, 0.25) is 0 Å². The van der Waals surface area contributed by atoms with Crippen molar-refractivity contribution in [2.45, 2.75) is 45.1 Å². The van der Waals surface area contributed by atoms with Crippen LogP contribution in [0.5, 0.6) is 11.6 Å². The maximum absolute atomic E-state index is 13.4. The van der Waals surface area contributed by atoms with Gasteiger partial charge in [-0.1, -0.05) is 30.3 Å². The Bertz CT molecular complexity index is 1230. The van der Waals surface area contributed by atoms with Crippen LogP contribution in [0.25, 0.3) is 0 Å². The Balaban J connectivity index is 1.31. The van der Waals surface area contributed by atoms with Crippen LogP contribution in [0, 0.1) is 6.92 Å². The molecule has 7 heteroatoms. The van der Waals surface area contributed by atoms with E-state index in [-0.39, 0.29) is 17.7 Å². The van der Waals surface area contributed by atoms with E-state index >= 15 is 0 Å². The van der Waals surface area contributed by atoms with E-state index < -0.39 is 0 Å². The van der Waals surface area contributed by atoms with Crippen molar-refractivity contribution in [2.75, 3.05) is 19.6 Å². The molecule has 35 heavy (non-hydrogen) atoms. The van der Waals surface area contributed by atoms with Gasteiger partial charge in [-0.2, -0.15) is 0 Å². The van der Waals surface area contributed by atoms with Crippen LogP contribution in [0.4, 0.5) is 0 Å². The second-order valence-electron chi connectivity index (χ2n) is 9.32. The Hall–Kier alpha value is -3.74. The van der Waals surface area contributed by atoms with Gasteiger partial charge in [-0.05, 0) is 55.5 Å². The van der Waals surface area contributed by atoms with Crippen molar-refractivity contribution in [3.05, 3.63) is 83.3 Å². The first-order valence-electron chi connectivity index (χ1n) is 12.3. The molecule has 0 radical (unpaired) electrons. The molecule has 7 nitrogen and oxygen atoms in total. The summed E-state index contributed by atoms with van der Waals surface area (Å²) in [5.74, 6) is 1.50. The zero-order valence-electron chi connectivity index (χ0n) is 20.0. The van der Waals surface area contributed by atoms with Crippen LogP contribution < -0.4 is 4.74 Å². The number of amides is 2. The van der Waals surface area contributed by atoms with E-state index in [1.807, 2.05) is 65.3 Å². The molecular formula is C28H30N4O3. The number of carbonyl (C=O) groups excluding carboxylic acids is 2. The molecule has 180 valence electrons. The topological polar surface area (TPSA) is 75.6 Å². The molecule has 3 heterocycles. The van der Waals surface area contributed by atoms with Gasteiger partial charge in [-0.15, -0.1) is 0 Å². The minimum absolute atomic E-state index is 0.00885. The van der Waals surface area contributed by atoms with E-state index in [1.54, 1.807) is 12.4 Å². The van der Waals surface area contributed by atoms with Crippen LogP contribution >= 0.6 is 0 Å². The van der Waals surface area contributed by atoms with Crippen molar-refractivity contribution in [3.63, 3.8) is 0 Å². The van der Waals surface area contributed by atoms with E-state index in [1.165, 1.54) is 0 Å². The van der Waals surface area contributed by atoms with Gasteiger partial charge >= 0.3 is 0 Å². The number of aromatic nitrogens is 2. The zero-order chi connectivity index (χ0) is 24.2. The van der Waals surface area contributed by atoms with Gasteiger partial charge in [-0.3, -0.25) is 14.6 Å². The first kappa shape index (κ1) is 23.0. The van der Waals surface area contributed by atoms with Gasteiger partial charge in [-0.25, -0.2) is 4.98 Å². The van der Waals surface area contributed by atoms with Crippen LogP contribution in [-0.2, 0) is 11.3 Å². The predicted molar refractivity (Wildman–Crippen MR) is 132 cm³/mol. The number of hydrogen-bond acceptors (Lipinski definition) is 5. The molecule has 2 saturated heterocycles. The fourth-order valence-corrected chi connectivity index (χ4v) is 4.93. The lowest BCUT2D eigenvalue weighted by Crippen LogP contribution is -2.39. The normalized spacial score (nSPS) is 18.1. The lowest BCUT2D eigenvalue weighted by molar-refractivity contribution is -0.128. The van der Waals surface area contributed by atoms with Crippen molar-refractivity contribution >= 4 is 11.8 Å². The number of rotatable bonds is 6. The molecule has 2 amide bonds. The molecule has 0 unspecified atom stereocenters.